The normalized spacial score (nSPS) is 11.4. The van der Waals surface area contributed by atoms with Gasteiger partial charge in [0.25, 0.3) is 0 Å². The summed E-state index contributed by atoms with van der Waals surface area (Å²) in [6, 6.07) is 10.2. The number of methoxy groups -OCH3 is 1. The topological polar surface area (TPSA) is 91.2 Å². The smallest absolute Gasteiger partial charge is 0.313 e. The number of amides is 2. The Morgan fingerprint density at radius 3 is 2.68 bits per heavy atom. The minimum absolute atomic E-state index is 0.156. The summed E-state index contributed by atoms with van der Waals surface area (Å²) in [5.74, 6) is -1.70. The number of benzene rings is 1. The predicted octanol–water partition coefficient (Wildman–Crippen LogP) is 3.02. The Labute approximate surface area is 154 Å². The molecule has 0 saturated carbocycles. The van der Waals surface area contributed by atoms with Gasteiger partial charge in [0.1, 0.15) is 12.2 Å². The van der Waals surface area contributed by atoms with Gasteiger partial charge >= 0.3 is 11.8 Å². The Balaban J connectivity index is 1.98. The van der Waals surface area contributed by atoms with Crippen LogP contribution in [0.5, 0.6) is 0 Å². The van der Waals surface area contributed by atoms with Gasteiger partial charge in [-0.15, -0.1) is 11.3 Å². The standard InChI is InChI=1S/C17H16ClN3O3S/c1-10-3-6-15(25-10)14(24-2)9-20-16(22)17(23)21-13-7-12(18)5-4-11(13)8-19/h3-7,14H,9H2,1-2H3,(H,20,22)(H,21,23). The van der Waals surface area contributed by atoms with Gasteiger partial charge in [-0.2, -0.15) is 5.26 Å². The molecule has 0 aliphatic rings. The van der Waals surface area contributed by atoms with Gasteiger partial charge < -0.3 is 15.4 Å². The van der Waals surface area contributed by atoms with E-state index in [2.05, 4.69) is 10.6 Å². The average molecular weight is 378 g/mol. The summed E-state index contributed by atoms with van der Waals surface area (Å²) in [4.78, 5) is 26.1. The van der Waals surface area contributed by atoms with E-state index in [1.165, 1.54) is 25.3 Å². The lowest BCUT2D eigenvalue weighted by Crippen LogP contribution is -2.38. The van der Waals surface area contributed by atoms with Crippen molar-refractivity contribution in [2.75, 3.05) is 19.0 Å². The van der Waals surface area contributed by atoms with Crippen LogP contribution in [0.4, 0.5) is 5.69 Å². The van der Waals surface area contributed by atoms with Crippen molar-refractivity contribution in [3.05, 3.63) is 50.7 Å². The molecule has 2 rings (SSSR count). The Morgan fingerprint density at radius 1 is 1.32 bits per heavy atom. The Bertz CT molecular complexity index is 829. The molecule has 8 heteroatoms. The van der Waals surface area contributed by atoms with Gasteiger partial charge in [0, 0.05) is 28.4 Å². The monoisotopic (exact) mass is 377 g/mol. The summed E-state index contributed by atoms with van der Waals surface area (Å²) in [5, 5.41) is 14.3. The van der Waals surface area contributed by atoms with Crippen molar-refractivity contribution in [1.29, 1.82) is 5.26 Å². The second-order valence-corrected chi connectivity index (χ2v) is 6.89. The van der Waals surface area contributed by atoms with E-state index in [9.17, 15) is 9.59 Å². The highest BCUT2D eigenvalue weighted by Crippen LogP contribution is 2.24. The fraction of sp³-hybridized carbons (Fsp3) is 0.235. The first-order valence-corrected chi connectivity index (χ1v) is 8.52. The van der Waals surface area contributed by atoms with Crippen LogP contribution in [0.3, 0.4) is 0 Å². The summed E-state index contributed by atoms with van der Waals surface area (Å²) >= 11 is 7.41. The van der Waals surface area contributed by atoms with Crippen molar-refractivity contribution < 1.29 is 14.3 Å². The number of aryl methyl sites for hydroxylation is 1. The highest BCUT2D eigenvalue weighted by atomic mass is 35.5. The SMILES string of the molecule is COC(CNC(=O)C(=O)Nc1cc(Cl)ccc1C#N)c1ccc(C)s1. The lowest BCUT2D eigenvalue weighted by atomic mass is 10.2. The number of nitrogens with zero attached hydrogens (tertiary/aromatic N) is 1. The zero-order valence-corrected chi connectivity index (χ0v) is 15.2. The summed E-state index contributed by atoms with van der Waals surface area (Å²) in [7, 11) is 1.54. The van der Waals surface area contributed by atoms with E-state index in [-0.39, 0.29) is 23.9 Å². The van der Waals surface area contributed by atoms with Crippen LogP contribution in [-0.2, 0) is 14.3 Å². The van der Waals surface area contributed by atoms with Crippen LogP contribution >= 0.6 is 22.9 Å². The third-order valence-corrected chi connectivity index (χ3v) is 4.70. The highest BCUT2D eigenvalue weighted by Gasteiger charge is 2.19. The molecular formula is C17H16ClN3O3S. The molecule has 1 aromatic heterocycles. The zero-order chi connectivity index (χ0) is 18.4. The van der Waals surface area contributed by atoms with Crippen LogP contribution < -0.4 is 10.6 Å². The maximum absolute atomic E-state index is 12.0. The number of halogens is 1. The van der Waals surface area contributed by atoms with Gasteiger partial charge in [-0.05, 0) is 37.3 Å². The molecule has 0 aliphatic heterocycles. The van der Waals surface area contributed by atoms with Crippen LogP contribution in [0.1, 0.15) is 21.4 Å². The minimum Gasteiger partial charge on any atom is -0.374 e. The summed E-state index contributed by atoms with van der Waals surface area (Å²) in [6.07, 6.45) is -0.337. The maximum Gasteiger partial charge on any atom is 0.313 e. The summed E-state index contributed by atoms with van der Waals surface area (Å²) in [6.45, 7) is 2.13. The first-order chi connectivity index (χ1) is 11.9. The van der Waals surface area contributed by atoms with E-state index in [0.29, 0.717) is 5.02 Å². The Kier molecular flexibility index (Phi) is 6.53. The number of hydrogen-bond acceptors (Lipinski definition) is 5. The minimum atomic E-state index is -0.879. The molecule has 1 atom stereocenters. The molecule has 2 N–H and O–H groups in total. The van der Waals surface area contributed by atoms with E-state index in [1.807, 2.05) is 25.1 Å². The Hall–Kier alpha value is -2.40. The second-order valence-electron chi connectivity index (χ2n) is 5.14. The number of nitriles is 1. The van der Waals surface area contributed by atoms with Gasteiger partial charge in [-0.3, -0.25) is 9.59 Å². The zero-order valence-electron chi connectivity index (χ0n) is 13.6. The molecule has 0 saturated heterocycles. The Morgan fingerprint density at radius 2 is 2.08 bits per heavy atom. The van der Waals surface area contributed by atoms with Crippen molar-refractivity contribution in [2.24, 2.45) is 0 Å². The molecular weight excluding hydrogens is 362 g/mol. The number of nitrogens with one attached hydrogen (secondary N) is 2. The third kappa shape index (κ3) is 5.03. The fourth-order valence-electron chi connectivity index (χ4n) is 2.09. The predicted molar refractivity (Wildman–Crippen MR) is 96.6 cm³/mol. The molecule has 6 nitrogen and oxygen atoms in total. The van der Waals surface area contributed by atoms with Gasteiger partial charge in [-0.1, -0.05) is 11.6 Å². The van der Waals surface area contributed by atoms with Crippen molar-refractivity contribution in [3.63, 3.8) is 0 Å². The first kappa shape index (κ1) is 18.9. The van der Waals surface area contributed by atoms with Gasteiger partial charge in [-0.25, -0.2) is 0 Å². The molecule has 0 aliphatic carbocycles. The number of carbonyl (C=O) groups is 2. The van der Waals surface area contributed by atoms with E-state index in [1.54, 1.807) is 11.3 Å². The quantitative estimate of drug-likeness (QED) is 0.783. The molecule has 1 heterocycles. The van der Waals surface area contributed by atoms with Crippen molar-refractivity contribution in [1.82, 2.24) is 5.32 Å². The molecule has 1 unspecified atom stereocenters. The van der Waals surface area contributed by atoms with Crippen LogP contribution in [0.15, 0.2) is 30.3 Å². The number of hydrogen-bond donors (Lipinski definition) is 2. The molecule has 0 bridgehead atoms. The number of rotatable bonds is 5. The molecule has 1 aromatic carbocycles. The van der Waals surface area contributed by atoms with Crippen LogP contribution in [0, 0.1) is 18.3 Å². The molecule has 0 radical (unpaired) electrons. The molecule has 2 amide bonds. The van der Waals surface area contributed by atoms with E-state index in [4.69, 9.17) is 21.6 Å². The van der Waals surface area contributed by atoms with Crippen LogP contribution in [0.25, 0.3) is 0 Å². The molecule has 25 heavy (non-hydrogen) atoms. The largest absolute Gasteiger partial charge is 0.374 e. The molecule has 2 aromatic rings. The van der Waals surface area contributed by atoms with Crippen molar-refractivity contribution in [2.45, 2.75) is 13.0 Å². The van der Waals surface area contributed by atoms with Gasteiger partial charge in [0.05, 0.1) is 11.3 Å². The van der Waals surface area contributed by atoms with Crippen molar-refractivity contribution >= 4 is 40.4 Å². The summed E-state index contributed by atoms with van der Waals surface area (Å²) < 4.78 is 5.35. The summed E-state index contributed by atoms with van der Waals surface area (Å²) in [5.41, 5.74) is 0.404. The average Bonchev–Trinajstić information content (AvgIpc) is 3.01. The van der Waals surface area contributed by atoms with E-state index in [0.717, 1.165) is 9.75 Å². The number of thiophene rings is 1. The molecule has 0 spiro atoms. The van der Waals surface area contributed by atoms with E-state index < -0.39 is 11.8 Å². The number of ether oxygens (including phenoxy) is 1. The molecule has 0 fully saturated rings. The number of carbonyl (C=O) groups excluding carboxylic acids is 2. The van der Waals surface area contributed by atoms with Crippen LogP contribution in [0.2, 0.25) is 5.02 Å². The lowest BCUT2D eigenvalue weighted by Gasteiger charge is -2.14. The maximum atomic E-state index is 12.0. The van der Waals surface area contributed by atoms with Crippen molar-refractivity contribution in [3.8, 4) is 6.07 Å². The first-order valence-electron chi connectivity index (χ1n) is 7.32. The van der Waals surface area contributed by atoms with E-state index >= 15 is 0 Å². The van der Waals surface area contributed by atoms with Gasteiger partial charge in [0.2, 0.25) is 0 Å². The highest BCUT2D eigenvalue weighted by molar-refractivity contribution is 7.12. The second kappa shape index (κ2) is 8.62. The number of anilines is 1. The lowest BCUT2D eigenvalue weighted by molar-refractivity contribution is -0.136. The molecule has 130 valence electrons. The third-order valence-electron chi connectivity index (χ3n) is 3.37. The van der Waals surface area contributed by atoms with Gasteiger partial charge in [0.15, 0.2) is 0 Å². The van der Waals surface area contributed by atoms with Crippen LogP contribution in [-0.4, -0.2) is 25.5 Å². The fourth-order valence-corrected chi connectivity index (χ4v) is 3.22.